The predicted molar refractivity (Wildman–Crippen MR) is 68.6 cm³/mol. The number of hydrogen-bond donors (Lipinski definition) is 1. The van der Waals surface area contributed by atoms with Gasteiger partial charge in [0.15, 0.2) is 0 Å². The van der Waals surface area contributed by atoms with Crippen LogP contribution >= 0.6 is 0 Å². The van der Waals surface area contributed by atoms with Crippen LogP contribution in [0.1, 0.15) is 13.8 Å². The summed E-state index contributed by atoms with van der Waals surface area (Å²) in [6.45, 7) is 13.6. The van der Waals surface area contributed by atoms with E-state index in [1.54, 1.807) is 0 Å². The van der Waals surface area contributed by atoms with Crippen LogP contribution in [0.15, 0.2) is 0 Å². The largest absolute Gasteiger partial charge is 0.316 e. The number of piperidine rings is 1. The van der Waals surface area contributed by atoms with Crippen molar-refractivity contribution in [1.29, 1.82) is 0 Å². The van der Waals surface area contributed by atoms with Gasteiger partial charge in [0.05, 0.1) is 0 Å². The van der Waals surface area contributed by atoms with Crippen molar-refractivity contribution in [3.63, 3.8) is 0 Å². The van der Waals surface area contributed by atoms with E-state index in [1.807, 2.05) is 0 Å². The van der Waals surface area contributed by atoms with Crippen LogP contribution in [-0.2, 0) is 0 Å². The van der Waals surface area contributed by atoms with E-state index in [1.165, 1.54) is 45.8 Å². The molecule has 2 aliphatic rings. The summed E-state index contributed by atoms with van der Waals surface area (Å²) in [7, 11) is 2.23. The topological polar surface area (TPSA) is 18.5 Å². The lowest BCUT2D eigenvalue weighted by Gasteiger charge is -2.41. The van der Waals surface area contributed by atoms with E-state index in [9.17, 15) is 0 Å². The van der Waals surface area contributed by atoms with E-state index in [2.05, 4.69) is 36.0 Å². The summed E-state index contributed by atoms with van der Waals surface area (Å²) in [6.07, 6.45) is 0. The zero-order chi connectivity index (χ0) is 11.5. The highest BCUT2D eigenvalue weighted by Crippen LogP contribution is 2.25. The maximum Gasteiger partial charge on any atom is 0.0110 e. The van der Waals surface area contributed by atoms with Crippen LogP contribution in [0.3, 0.4) is 0 Å². The van der Waals surface area contributed by atoms with E-state index < -0.39 is 0 Å². The Kier molecular flexibility index (Phi) is 4.22. The molecule has 2 aliphatic heterocycles. The summed E-state index contributed by atoms with van der Waals surface area (Å²) in [6, 6.07) is 0. The highest BCUT2D eigenvalue weighted by atomic mass is 15.2. The molecule has 0 aromatic carbocycles. The van der Waals surface area contributed by atoms with Gasteiger partial charge in [-0.15, -0.1) is 0 Å². The van der Waals surface area contributed by atoms with Crippen LogP contribution in [-0.4, -0.2) is 62.7 Å². The minimum absolute atomic E-state index is 0.836. The molecule has 0 radical (unpaired) electrons. The zero-order valence-corrected chi connectivity index (χ0v) is 11.1. The molecule has 0 aromatic rings. The fourth-order valence-electron chi connectivity index (χ4n) is 3.09. The van der Waals surface area contributed by atoms with Crippen LogP contribution in [0.4, 0.5) is 0 Å². The van der Waals surface area contributed by atoms with Gasteiger partial charge in [0.25, 0.3) is 0 Å². The summed E-state index contributed by atoms with van der Waals surface area (Å²) < 4.78 is 0. The molecule has 0 bridgehead atoms. The molecule has 0 amide bonds. The average Bonchev–Trinajstić information content (AvgIpc) is 2.26. The molecule has 94 valence electrons. The lowest BCUT2D eigenvalue weighted by atomic mass is 9.80. The Morgan fingerprint density at radius 2 is 1.56 bits per heavy atom. The molecule has 2 saturated heterocycles. The molecule has 0 spiro atoms. The number of nitrogens with one attached hydrogen (secondary N) is 1. The molecule has 2 fully saturated rings. The van der Waals surface area contributed by atoms with Gasteiger partial charge in [0, 0.05) is 32.7 Å². The maximum atomic E-state index is 3.53. The van der Waals surface area contributed by atoms with Crippen LogP contribution in [0.25, 0.3) is 0 Å². The molecule has 2 heterocycles. The number of nitrogens with zero attached hydrogens (tertiary/aromatic N) is 2. The van der Waals surface area contributed by atoms with Gasteiger partial charge >= 0.3 is 0 Å². The molecular weight excluding hydrogens is 198 g/mol. The van der Waals surface area contributed by atoms with Gasteiger partial charge in [0.1, 0.15) is 0 Å². The third-order valence-corrected chi connectivity index (χ3v) is 4.46. The van der Waals surface area contributed by atoms with Crippen molar-refractivity contribution in [3.05, 3.63) is 0 Å². The molecule has 3 nitrogen and oxygen atoms in total. The Hall–Kier alpha value is -0.120. The first-order chi connectivity index (χ1) is 7.66. The van der Waals surface area contributed by atoms with Crippen molar-refractivity contribution < 1.29 is 0 Å². The minimum Gasteiger partial charge on any atom is -0.316 e. The highest BCUT2D eigenvalue weighted by Gasteiger charge is 2.29. The molecule has 2 atom stereocenters. The second-order valence-corrected chi connectivity index (χ2v) is 5.88. The summed E-state index contributed by atoms with van der Waals surface area (Å²) in [5.74, 6) is 2.57. The van der Waals surface area contributed by atoms with E-state index in [-0.39, 0.29) is 0 Å². The van der Waals surface area contributed by atoms with Crippen molar-refractivity contribution in [1.82, 2.24) is 15.1 Å². The standard InChI is InChI=1S/C13H27N3/c1-11-8-14-9-12(2)13(11)10-16-6-4-15(3)5-7-16/h11-14H,4-10H2,1-3H3. The molecule has 3 heteroatoms. The van der Waals surface area contributed by atoms with Crippen molar-refractivity contribution in [2.75, 3.05) is 52.9 Å². The number of hydrogen-bond acceptors (Lipinski definition) is 3. The Balaban J connectivity index is 1.83. The molecule has 2 unspecified atom stereocenters. The van der Waals surface area contributed by atoms with E-state index in [0.717, 1.165) is 17.8 Å². The van der Waals surface area contributed by atoms with Crippen molar-refractivity contribution in [3.8, 4) is 0 Å². The van der Waals surface area contributed by atoms with Gasteiger partial charge in [-0.1, -0.05) is 13.8 Å². The van der Waals surface area contributed by atoms with Gasteiger partial charge in [-0.3, -0.25) is 0 Å². The second-order valence-electron chi connectivity index (χ2n) is 5.88. The monoisotopic (exact) mass is 225 g/mol. The highest BCUT2D eigenvalue weighted by molar-refractivity contribution is 4.83. The molecular formula is C13H27N3. The van der Waals surface area contributed by atoms with E-state index >= 15 is 0 Å². The Morgan fingerprint density at radius 1 is 1.00 bits per heavy atom. The van der Waals surface area contributed by atoms with Crippen molar-refractivity contribution in [2.24, 2.45) is 17.8 Å². The molecule has 16 heavy (non-hydrogen) atoms. The van der Waals surface area contributed by atoms with Crippen molar-refractivity contribution >= 4 is 0 Å². The minimum atomic E-state index is 0.836. The molecule has 2 rings (SSSR count). The Labute approximate surface area is 100 Å². The smallest absolute Gasteiger partial charge is 0.0110 e. The number of piperazine rings is 1. The van der Waals surface area contributed by atoms with Gasteiger partial charge < -0.3 is 15.1 Å². The number of rotatable bonds is 2. The summed E-state index contributed by atoms with van der Waals surface area (Å²) in [5.41, 5.74) is 0. The third-order valence-electron chi connectivity index (χ3n) is 4.46. The SMILES string of the molecule is CC1CNCC(C)C1CN1CCN(C)CC1. The lowest BCUT2D eigenvalue weighted by Crippen LogP contribution is -2.50. The van der Waals surface area contributed by atoms with E-state index in [4.69, 9.17) is 0 Å². The van der Waals surface area contributed by atoms with Gasteiger partial charge in [-0.25, -0.2) is 0 Å². The van der Waals surface area contributed by atoms with Crippen LogP contribution in [0.2, 0.25) is 0 Å². The number of likely N-dealkylation sites (N-methyl/N-ethyl adjacent to an activating group) is 1. The van der Waals surface area contributed by atoms with Gasteiger partial charge in [-0.2, -0.15) is 0 Å². The molecule has 0 aliphatic carbocycles. The lowest BCUT2D eigenvalue weighted by molar-refractivity contribution is 0.0886. The zero-order valence-electron chi connectivity index (χ0n) is 11.1. The second kappa shape index (κ2) is 5.48. The average molecular weight is 225 g/mol. The Bertz CT molecular complexity index is 201. The van der Waals surface area contributed by atoms with E-state index in [0.29, 0.717) is 0 Å². The first-order valence-electron chi connectivity index (χ1n) is 6.78. The fraction of sp³-hybridized carbons (Fsp3) is 1.00. The normalized spacial score (nSPS) is 38.8. The van der Waals surface area contributed by atoms with Crippen LogP contribution in [0, 0.1) is 17.8 Å². The molecule has 0 aromatic heterocycles. The third kappa shape index (κ3) is 2.96. The molecule has 0 saturated carbocycles. The van der Waals surface area contributed by atoms with Crippen molar-refractivity contribution in [2.45, 2.75) is 13.8 Å². The molecule has 1 N–H and O–H groups in total. The summed E-state index contributed by atoms with van der Waals surface area (Å²) in [5, 5.41) is 3.53. The fourth-order valence-corrected chi connectivity index (χ4v) is 3.09. The predicted octanol–water partition coefficient (Wildman–Crippen LogP) is 0.725. The maximum absolute atomic E-state index is 3.53. The quantitative estimate of drug-likeness (QED) is 0.747. The summed E-state index contributed by atoms with van der Waals surface area (Å²) in [4.78, 5) is 5.11. The summed E-state index contributed by atoms with van der Waals surface area (Å²) >= 11 is 0. The van der Waals surface area contributed by atoms with Crippen LogP contribution in [0.5, 0.6) is 0 Å². The first kappa shape index (κ1) is 12.3. The first-order valence-corrected chi connectivity index (χ1v) is 6.78. The van der Waals surface area contributed by atoms with Gasteiger partial charge in [0.2, 0.25) is 0 Å². The Morgan fingerprint density at radius 3 is 2.12 bits per heavy atom. The van der Waals surface area contributed by atoms with Gasteiger partial charge in [-0.05, 0) is 37.9 Å². The van der Waals surface area contributed by atoms with Crippen LogP contribution < -0.4 is 5.32 Å².